The molecular formula is C24H28O2. The quantitative estimate of drug-likeness (QED) is 0.675. The molecule has 26 heavy (non-hydrogen) atoms. The lowest BCUT2D eigenvalue weighted by atomic mass is 9.71. The van der Waals surface area contributed by atoms with Crippen molar-refractivity contribution in [2.24, 2.45) is 5.92 Å². The summed E-state index contributed by atoms with van der Waals surface area (Å²) >= 11 is 0. The molecule has 0 bridgehead atoms. The zero-order chi connectivity index (χ0) is 19.3. The third-order valence-electron chi connectivity index (χ3n) is 6.57. The number of carboxylic acids is 1. The molecule has 0 radical (unpaired) electrons. The van der Waals surface area contributed by atoms with Gasteiger partial charge in [-0.3, -0.25) is 0 Å². The molecule has 0 aromatic heterocycles. The molecule has 0 fully saturated rings. The summed E-state index contributed by atoms with van der Waals surface area (Å²) in [5.74, 6) is -0.317. The average molecular weight is 348 g/mol. The van der Waals surface area contributed by atoms with E-state index in [-0.39, 0.29) is 10.8 Å². The maximum Gasteiger partial charge on any atom is 0.335 e. The molecule has 0 amide bonds. The topological polar surface area (TPSA) is 37.3 Å². The van der Waals surface area contributed by atoms with E-state index in [1.165, 1.54) is 22.3 Å². The largest absolute Gasteiger partial charge is 0.478 e. The van der Waals surface area contributed by atoms with E-state index in [4.69, 9.17) is 5.11 Å². The Balaban J connectivity index is 1.98. The summed E-state index contributed by atoms with van der Waals surface area (Å²) in [6.07, 6.45) is 2.11. The van der Waals surface area contributed by atoms with Gasteiger partial charge in [0, 0.05) is 0 Å². The number of fused-ring (bicyclic) bond motifs is 1. The highest BCUT2D eigenvalue weighted by atomic mass is 16.4. The van der Waals surface area contributed by atoms with Gasteiger partial charge in [-0.05, 0) is 63.6 Å². The number of hydrogen-bond donors (Lipinski definition) is 1. The Bertz CT molecular complexity index is 883. The van der Waals surface area contributed by atoms with Crippen LogP contribution in [-0.2, 0) is 10.8 Å². The van der Waals surface area contributed by atoms with Gasteiger partial charge in [-0.15, -0.1) is 0 Å². The summed E-state index contributed by atoms with van der Waals surface area (Å²) < 4.78 is 0. The molecule has 2 aromatic carbocycles. The first-order valence-corrected chi connectivity index (χ1v) is 9.22. The van der Waals surface area contributed by atoms with Crippen LogP contribution in [-0.4, -0.2) is 11.1 Å². The molecule has 0 spiro atoms. The minimum absolute atomic E-state index is 0.151. The highest BCUT2D eigenvalue weighted by molar-refractivity contribution is 5.88. The number of carbonyl (C=O) groups is 1. The maximum absolute atomic E-state index is 11.0. The molecular weight excluding hydrogens is 320 g/mol. The molecule has 1 N–H and O–H groups in total. The van der Waals surface area contributed by atoms with E-state index in [1.807, 2.05) is 12.1 Å². The summed E-state index contributed by atoms with van der Waals surface area (Å²) in [4.78, 5) is 11.0. The van der Waals surface area contributed by atoms with Crippen LogP contribution in [0.5, 0.6) is 0 Å². The minimum atomic E-state index is -0.894. The molecule has 0 heterocycles. The van der Waals surface area contributed by atoms with Crippen molar-refractivity contribution in [3.8, 4) is 0 Å². The smallest absolute Gasteiger partial charge is 0.335 e. The van der Waals surface area contributed by atoms with E-state index < -0.39 is 5.97 Å². The summed E-state index contributed by atoms with van der Waals surface area (Å²) in [5.41, 5.74) is 6.98. The standard InChI is InChI=1S/C24H28O2/c1-15(13-17-7-9-18(10-8-17)22(25)26)19-11-12-20-21(14-19)24(5,6)16(2)23(20,3)4/h7-14,16H,1-6H3,(H,25,26)/b15-13+. The van der Waals surface area contributed by atoms with Gasteiger partial charge in [0.1, 0.15) is 0 Å². The van der Waals surface area contributed by atoms with E-state index >= 15 is 0 Å². The molecule has 2 nitrogen and oxygen atoms in total. The van der Waals surface area contributed by atoms with E-state index in [0.29, 0.717) is 11.5 Å². The van der Waals surface area contributed by atoms with Gasteiger partial charge in [0.2, 0.25) is 0 Å². The zero-order valence-corrected chi connectivity index (χ0v) is 16.6. The van der Waals surface area contributed by atoms with Crippen molar-refractivity contribution in [3.63, 3.8) is 0 Å². The van der Waals surface area contributed by atoms with Crippen LogP contribution in [0.4, 0.5) is 0 Å². The summed E-state index contributed by atoms with van der Waals surface area (Å²) in [6.45, 7) is 13.8. The lowest BCUT2D eigenvalue weighted by Crippen LogP contribution is -2.30. The van der Waals surface area contributed by atoms with Crippen LogP contribution in [0.3, 0.4) is 0 Å². The summed E-state index contributed by atoms with van der Waals surface area (Å²) in [7, 11) is 0. The van der Waals surface area contributed by atoms with Crippen molar-refractivity contribution in [1.82, 2.24) is 0 Å². The minimum Gasteiger partial charge on any atom is -0.478 e. The Morgan fingerprint density at radius 2 is 1.46 bits per heavy atom. The Morgan fingerprint density at radius 3 is 2.04 bits per heavy atom. The van der Waals surface area contributed by atoms with Gasteiger partial charge in [0.05, 0.1) is 5.56 Å². The van der Waals surface area contributed by atoms with E-state index in [9.17, 15) is 4.79 Å². The summed E-state index contributed by atoms with van der Waals surface area (Å²) in [5, 5.41) is 9.02. The van der Waals surface area contributed by atoms with Gasteiger partial charge in [-0.1, -0.05) is 71.0 Å². The second-order valence-corrected chi connectivity index (χ2v) is 8.68. The van der Waals surface area contributed by atoms with Crippen molar-refractivity contribution >= 4 is 17.6 Å². The van der Waals surface area contributed by atoms with E-state index in [0.717, 1.165) is 5.56 Å². The Morgan fingerprint density at radius 1 is 0.923 bits per heavy atom. The Labute approximate surface area is 156 Å². The predicted molar refractivity (Wildman–Crippen MR) is 109 cm³/mol. The molecule has 0 saturated heterocycles. The number of benzene rings is 2. The number of rotatable bonds is 3. The van der Waals surface area contributed by atoms with Gasteiger partial charge in [-0.2, -0.15) is 0 Å². The number of carboxylic acid groups (broad SMARTS) is 1. The van der Waals surface area contributed by atoms with Crippen molar-refractivity contribution in [2.45, 2.75) is 52.4 Å². The van der Waals surface area contributed by atoms with Crippen LogP contribution in [0.25, 0.3) is 11.6 Å². The molecule has 1 atom stereocenters. The Hall–Kier alpha value is -2.35. The first kappa shape index (κ1) is 18.4. The molecule has 0 aliphatic heterocycles. The molecule has 3 rings (SSSR count). The van der Waals surface area contributed by atoms with Crippen molar-refractivity contribution in [1.29, 1.82) is 0 Å². The Kier molecular flexibility index (Phi) is 4.34. The molecule has 0 saturated carbocycles. The lowest BCUT2D eigenvalue weighted by molar-refractivity contribution is 0.0697. The average Bonchev–Trinajstić information content (AvgIpc) is 2.73. The van der Waals surface area contributed by atoms with Crippen molar-refractivity contribution in [2.75, 3.05) is 0 Å². The van der Waals surface area contributed by atoms with Gasteiger partial charge >= 0.3 is 5.97 Å². The second kappa shape index (κ2) is 6.12. The van der Waals surface area contributed by atoms with Crippen LogP contribution in [0.2, 0.25) is 0 Å². The second-order valence-electron chi connectivity index (χ2n) is 8.68. The van der Waals surface area contributed by atoms with Gasteiger partial charge < -0.3 is 5.11 Å². The van der Waals surface area contributed by atoms with Gasteiger partial charge in [0.15, 0.2) is 0 Å². The van der Waals surface area contributed by atoms with E-state index in [2.05, 4.69) is 65.8 Å². The van der Waals surface area contributed by atoms with Crippen molar-refractivity contribution in [3.05, 3.63) is 70.3 Å². The normalized spacial score (nSPS) is 20.7. The zero-order valence-electron chi connectivity index (χ0n) is 16.6. The van der Waals surface area contributed by atoms with Crippen molar-refractivity contribution < 1.29 is 9.90 Å². The highest BCUT2D eigenvalue weighted by Gasteiger charge is 2.48. The van der Waals surface area contributed by atoms with Crippen LogP contribution >= 0.6 is 0 Å². The van der Waals surface area contributed by atoms with Crippen LogP contribution < -0.4 is 0 Å². The maximum atomic E-state index is 11.0. The fourth-order valence-electron chi connectivity index (χ4n) is 4.31. The number of aromatic carboxylic acids is 1. The lowest BCUT2D eigenvalue weighted by Gasteiger charge is -2.32. The van der Waals surface area contributed by atoms with Gasteiger partial charge in [-0.25, -0.2) is 4.79 Å². The van der Waals surface area contributed by atoms with Crippen LogP contribution in [0.15, 0.2) is 42.5 Å². The fourth-order valence-corrected chi connectivity index (χ4v) is 4.31. The molecule has 2 heteroatoms. The number of allylic oxidation sites excluding steroid dienone is 1. The summed E-state index contributed by atoms with van der Waals surface area (Å²) in [6, 6.07) is 13.9. The monoisotopic (exact) mass is 348 g/mol. The molecule has 1 aliphatic carbocycles. The predicted octanol–water partition coefficient (Wildman–Crippen LogP) is 6.15. The third-order valence-corrected chi connectivity index (χ3v) is 6.57. The first-order chi connectivity index (χ1) is 12.0. The SMILES string of the molecule is C/C(=C\c1ccc(C(=O)O)cc1)c1ccc2c(c1)C(C)(C)C(C)C2(C)C. The molecule has 1 unspecified atom stereocenters. The van der Waals surface area contributed by atoms with Crippen LogP contribution in [0, 0.1) is 5.92 Å². The molecule has 2 aromatic rings. The first-order valence-electron chi connectivity index (χ1n) is 9.22. The highest BCUT2D eigenvalue weighted by Crippen LogP contribution is 2.53. The van der Waals surface area contributed by atoms with Crippen LogP contribution in [0.1, 0.15) is 74.2 Å². The molecule has 136 valence electrons. The molecule has 1 aliphatic rings. The number of hydrogen-bond acceptors (Lipinski definition) is 1. The van der Waals surface area contributed by atoms with E-state index in [1.54, 1.807) is 12.1 Å². The fraction of sp³-hybridized carbons (Fsp3) is 0.375. The van der Waals surface area contributed by atoms with Gasteiger partial charge in [0.25, 0.3) is 0 Å². The third kappa shape index (κ3) is 2.88.